The Morgan fingerprint density at radius 2 is 1.92 bits per heavy atom. The molecule has 0 N–H and O–H groups in total. The molecule has 26 heavy (non-hydrogen) atoms. The first-order chi connectivity index (χ1) is 12.5. The molecule has 3 rings (SSSR count). The molecule has 0 unspecified atom stereocenters. The molecular formula is C19H21NO6. The average molecular weight is 359 g/mol. The fraction of sp³-hybridized carbons (Fsp3) is 0.474. The standard InChI is InChI=1S/C19H21NO6/c1-3-14(21)19-15(22)7-12(8-16(19)23)11-4-5-17-13(6-11)20(10-25-2)18(24)9-26-17/h4-6,12,19H,3,7-10H2,1-2H3. The van der Waals surface area contributed by atoms with Gasteiger partial charge in [0.15, 0.2) is 24.0 Å². The quantitative estimate of drug-likeness (QED) is 0.742. The largest absolute Gasteiger partial charge is 0.482 e. The average Bonchev–Trinajstić information content (AvgIpc) is 2.63. The second kappa shape index (κ2) is 7.37. The lowest BCUT2D eigenvalue weighted by Crippen LogP contribution is -2.40. The Bertz CT molecular complexity index is 753. The Kier molecular flexibility index (Phi) is 5.18. The lowest BCUT2D eigenvalue weighted by molar-refractivity contribution is -0.142. The van der Waals surface area contributed by atoms with Crippen LogP contribution in [0.15, 0.2) is 18.2 Å². The summed E-state index contributed by atoms with van der Waals surface area (Å²) in [6.45, 7) is 1.69. The maximum atomic E-state index is 12.3. The van der Waals surface area contributed by atoms with Crippen LogP contribution in [-0.4, -0.2) is 43.7 Å². The topological polar surface area (TPSA) is 90.0 Å². The Labute approximate surface area is 151 Å². The van der Waals surface area contributed by atoms with Crippen molar-refractivity contribution in [2.75, 3.05) is 25.3 Å². The number of rotatable bonds is 5. The van der Waals surface area contributed by atoms with Crippen LogP contribution in [0.25, 0.3) is 0 Å². The van der Waals surface area contributed by atoms with Gasteiger partial charge in [-0.3, -0.25) is 24.1 Å². The van der Waals surface area contributed by atoms with Gasteiger partial charge >= 0.3 is 0 Å². The Morgan fingerprint density at radius 1 is 1.23 bits per heavy atom. The summed E-state index contributed by atoms with van der Waals surface area (Å²) in [6.07, 6.45) is 0.455. The van der Waals surface area contributed by atoms with Crippen LogP contribution in [0.3, 0.4) is 0 Å². The summed E-state index contributed by atoms with van der Waals surface area (Å²) >= 11 is 0. The number of methoxy groups -OCH3 is 1. The third kappa shape index (κ3) is 3.26. The molecular weight excluding hydrogens is 338 g/mol. The molecule has 7 nitrogen and oxygen atoms in total. The first-order valence-corrected chi connectivity index (χ1v) is 8.60. The molecule has 2 aliphatic rings. The highest BCUT2D eigenvalue weighted by Gasteiger charge is 2.40. The van der Waals surface area contributed by atoms with Crippen LogP contribution in [0.5, 0.6) is 5.75 Å². The van der Waals surface area contributed by atoms with Gasteiger partial charge < -0.3 is 9.47 Å². The molecule has 0 saturated heterocycles. The molecule has 0 radical (unpaired) electrons. The Balaban J connectivity index is 1.87. The van der Waals surface area contributed by atoms with Crippen LogP contribution in [0.1, 0.15) is 37.7 Å². The van der Waals surface area contributed by atoms with Crippen molar-refractivity contribution in [1.82, 2.24) is 0 Å². The highest BCUT2D eigenvalue weighted by molar-refractivity contribution is 6.20. The van der Waals surface area contributed by atoms with Crippen molar-refractivity contribution in [2.45, 2.75) is 32.1 Å². The van der Waals surface area contributed by atoms with Gasteiger partial charge in [0.1, 0.15) is 18.4 Å². The molecule has 1 aliphatic heterocycles. The Morgan fingerprint density at radius 3 is 2.54 bits per heavy atom. The zero-order valence-electron chi connectivity index (χ0n) is 14.8. The number of nitrogens with zero attached hydrogens (tertiary/aromatic N) is 1. The number of benzene rings is 1. The second-order valence-electron chi connectivity index (χ2n) is 6.55. The molecule has 0 aromatic heterocycles. The lowest BCUT2D eigenvalue weighted by Gasteiger charge is -2.31. The van der Waals surface area contributed by atoms with E-state index in [1.165, 1.54) is 12.0 Å². The number of ether oxygens (including phenoxy) is 2. The number of Topliss-reactive ketones (excluding diaryl/α,β-unsaturated/α-hetero) is 3. The normalized spacial score (nSPS) is 22.8. The lowest BCUT2D eigenvalue weighted by atomic mass is 9.75. The van der Waals surface area contributed by atoms with Crippen LogP contribution in [0.4, 0.5) is 5.69 Å². The van der Waals surface area contributed by atoms with Crippen LogP contribution in [0.2, 0.25) is 0 Å². The number of carbonyl (C=O) groups is 4. The zero-order valence-corrected chi connectivity index (χ0v) is 14.8. The fourth-order valence-electron chi connectivity index (χ4n) is 3.52. The van der Waals surface area contributed by atoms with E-state index in [0.717, 1.165) is 5.56 Å². The van der Waals surface area contributed by atoms with Crippen molar-refractivity contribution in [3.8, 4) is 5.75 Å². The number of anilines is 1. The van der Waals surface area contributed by atoms with Crippen molar-refractivity contribution >= 4 is 28.9 Å². The summed E-state index contributed by atoms with van der Waals surface area (Å²) in [5.41, 5.74) is 1.33. The van der Waals surface area contributed by atoms with Crippen molar-refractivity contribution in [3.63, 3.8) is 0 Å². The minimum Gasteiger partial charge on any atom is -0.482 e. The number of hydrogen-bond donors (Lipinski definition) is 0. The number of carbonyl (C=O) groups excluding carboxylic acids is 4. The summed E-state index contributed by atoms with van der Waals surface area (Å²) in [6, 6.07) is 5.30. The number of amides is 1. The number of ketones is 3. The number of fused-ring (bicyclic) bond motifs is 1. The third-order valence-electron chi connectivity index (χ3n) is 4.87. The SMILES string of the molecule is CCC(=O)C1C(=O)CC(c2ccc3c(c2)N(COC)C(=O)CO3)CC1=O. The summed E-state index contributed by atoms with van der Waals surface area (Å²) in [5, 5.41) is 0. The van der Waals surface area contributed by atoms with Crippen molar-refractivity contribution in [1.29, 1.82) is 0 Å². The zero-order chi connectivity index (χ0) is 18.8. The predicted molar refractivity (Wildman–Crippen MR) is 92.1 cm³/mol. The molecule has 1 fully saturated rings. The molecule has 1 heterocycles. The van der Waals surface area contributed by atoms with Crippen molar-refractivity contribution in [2.24, 2.45) is 5.92 Å². The Hall–Kier alpha value is -2.54. The van der Waals surface area contributed by atoms with E-state index < -0.39 is 5.92 Å². The highest BCUT2D eigenvalue weighted by Crippen LogP contribution is 2.38. The first kappa shape index (κ1) is 18.3. The van der Waals surface area contributed by atoms with Gasteiger partial charge in [0.2, 0.25) is 0 Å². The van der Waals surface area contributed by atoms with Crippen LogP contribution < -0.4 is 9.64 Å². The summed E-state index contributed by atoms with van der Waals surface area (Å²) in [7, 11) is 1.50. The van der Waals surface area contributed by atoms with Gasteiger partial charge in [-0.05, 0) is 23.6 Å². The van der Waals surface area contributed by atoms with Gasteiger partial charge in [-0.15, -0.1) is 0 Å². The summed E-state index contributed by atoms with van der Waals surface area (Å²) in [4.78, 5) is 50.1. The van der Waals surface area contributed by atoms with Gasteiger partial charge in [0, 0.05) is 26.4 Å². The summed E-state index contributed by atoms with van der Waals surface area (Å²) < 4.78 is 10.5. The maximum Gasteiger partial charge on any atom is 0.266 e. The van der Waals surface area contributed by atoms with E-state index in [2.05, 4.69) is 0 Å². The molecule has 7 heteroatoms. The predicted octanol–water partition coefficient (Wildman–Crippen LogP) is 1.63. The van der Waals surface area contributed by atoms with Crippen LogP contribution in [-0.2, 0) is 23.9 Å². The molecule has 138 valence electrons. The van der Waals surface area contributed by atoms with E-state index in [-0.39, 0.29) is 61.8 Å². The molecule has 0 spiro atoms. The molecule has 1 amide bonds. The second-order valence-corrected chi connectivity index (χ2v) is 6.55. The van der Waals surface area contributed by atoms with E-state index in [1.54, 1.807) is 25.1 Å². The third-order valence-corrected chi connectivity index (χ3v) is 4.87. The van der Waals surface area contributed by atoms with Gasteiger partial charge in [-0.25, -0.2) is 0 Å². The van der Waals surface area contributed by atoms with Crippen molar-refractivity contribution in [3.05, 3.63) is 23.8 Å². The molecule has 1 saturated carbocycles. The van der Waals surface area contributed by atoms with Gasteiger partial charge in [0.25, 0.3) is 5.91 Å². The maximum absolute atomic E-state index is 12.3. The number of hydrogen-bond acceptors (Lipinski definition) is 6. The highest BCUT2D eigenvalue weighted by atomic mass is 16.5. The molecule has 1 aromatic rings. The molecule has 0 bridgehead atoms. The van der Waals surface area contributed by atoms with E-state index >= 15 is 0 Å². The first-order valence-electron chi connectivity index (χ1n) is 8.60. The van der Waals surface area contributed by atoms with Gasteiger partial charge in [0.05, 0.1) is 5.69 Å². The van der Waals surface area contributed by atoms with E-state index in [1.807, 2.05) is 0 Å². The smallest absolute Gasteiger partial charge is 0.266 e. The van der Waals surface area contributed by atoms with Crippen LogP contribution in [0, 0.1) is 5.92 Å². The van der Waals surface area contributed by atoms with Crippen molar-refractivity contribution < 1.29 is 28.7 Å². The van der Waals surface area contributed by atoms with E-state index in [0.29, 0.717) is 11.4 Å². The monoisotopic (exact) mass is 359 g/mol. The molecule has 1 aliphatic carbocycles. The summed E-state index contributed by atoms with van der Waals surface area (Å²) in [5.74, 6) is -2.03. The van der Waals surface area contributed by atoms with E-state index in [4.69, 9.17) is 9.47 Å². The van der Waals surface area contributed by atoms with Gasteiger partial charge in [-0.1, -0.05) is 13.0 Å². The van der Waals surface area contributed by atoms with Crippen LogP contribution >= 0.6 is 0 Å². The minimum atomic E-state index is -1.11. The molecule has 1 aromatic carbocycles. The fourth-order valence-corrected chi connectivity index (χ4v) is 3.52. The van der Waals surface area contributed by atoms with E-state index in [9.17, 15) is 19.2 Å². The molecule has 0 atom stereocenters. The van der Waals surface area contributed by atoms with Gasteiger partial charge in [-0.2, -0.15) is 0 Å². The minimum absolute atomic E-state index is 0.0586.